The van der Waals surface area contributed by atoms with Gasteiger partial charge in [0.1, 0.15) is 5.75 Å². The van der Waals surface area contributed by atoms with Crippen LogP contribution in [0.15, 0.2) is 29.6 Å². The minimum Gasteiger partial charge on any atom is -0.507 e. The Balaban J connectivity index is 1.43. The Kier molecular flexibility index (Phi) is 5.32. The summed E-state index contributed by atoms with van der Waals surface area (Å²) >= 11 is 1.84. The molecule has 1 saturated heterocycles. The summed E-state index contributed by atoms with van der Waals surface area (Å²) < 4.78 is 6.38. The van der Waals surface area contributed by atoms with E-state index in [4.69, 9.17) is 10.5 Å². The first kappa shape index (κ1) is 18.0. The van der Waals surface area contributed by atoms with Crippen LogP contribution in [-0.2, 0) is 17.7 Å². The fourth-order valence-electron chi connectivity index (χ4n) is 4.38. The lowest BCUT2D eigenvalue weighted by molar-refractivity contribution is -0.0650. The number of hydrogen-bond acceptors (Lipinski definition) is 5. The second-order valence-electron chi connectivity index (χ2n) is 7.59. The van der Waals surface area contributed by atoms with E-state index in [-0.39, 0.29) is 12.2 Å². The summed E-state index contributed by atoms with van der Waals surface area (Å²) in [6.07, 6.45) is 3.16. The molecule has 1 aromatic heterocycles. The molecular weight excluding hydrogens is 344 g/mol. The number of aromatic hydroxyl groups is 1. The molecule has 2 aromatic rings. The molecule has 2 atom stereocenters. The van der Waals surface area contributed by atoms with Gasteiger partial charge in [-0.3, -0.25) is 4.90 Å². The summed E-state index contributed by atoms with van der Waals surface area (Å²) in [5.74, 6) is 0.973. The predicted molar refractivity (Wildman–Crippen MR) is 106 cm³/mol. The van der Waals surface area contributed by atoms with Crippen LogP contribution in [-0.4, -0.2) is 35.7 Å². The van der Waals surface area contributed by atoms with Gasteiger partial charge in [-0.1, -0.05) is 18.2 Å². The molecule has 5 heteroatoms. The monoisotopic (exact) mass is 372 g/mol. The zero-order valence-electron chi connectivity index (χ0n) is 15.4. The van der Waals surface area contributed by atoms with Gasteiger partial charge in [-0.25, -0.2) is 0 Å². The predicted octanol–water partition coefficient (Wildman–Crippen LogP) is 3.62. The highest BCUT2D eigenvalue weighted by Crippen LogP contribution is 2.40. The van der Waals surface area contributed by atoms with E-state index in [0.717, 1.165) is 55.6 Å². The van der Waals surface area contributed by atoms with Crippen molar-refractivity contribution in [2.45, 2.75) is 44.9 Å². The van der Waals surface area contributed by atoms with Crippen LogP contribution >= 0.6 is 11.3 Å². The summed E-state index contributed by atoms with van der Waals surface area (Å²) in [6.45, 7) is 5.71. The lowest BCUT2D eigenvalue weighted by atomic mass is 9.83. The maximum Gasteiger partial charge on any atom is 0.122 e. The van der Waals surface area contributed by atoms with E-state index in [0.29, 0.717) is 18.2 Å². The Morgan fingerprint density at radius 3 is 2.77 bits per heavy atom. The first-order valence-corrected chi connectivity index (χ1v) is 10.4. The van der Waals surface area contributed by atoms with Gasteiger partial charge < -0.3 is 15.6 Å². The molecule has 0 radical (unpaired) electrons. The third-order valence-corrected chi connectivity index (χ3v) is 6.80. The number of fused-ring (bicyclic) bond motifs is 1. The van der Waals surface area contributed by atoms with E-state index < -0.39 is 0 Å². The van der Waals surface area contributed by atoms with Gasteiger partial charge in [-0.2, -0.15) is 0 Å². The fourth-order valence-corrected chi connectivity index (χ4v) is 5.13. The van der Waals surface area contributed by atoms with Crippen LogP contribution in [0, 0.1) is 12.8 Å². The highest BCUT2D eigenvalue weighted by atomic mass is 32.1. The van der Waals surface area contributed by atoms with E-state index in [1.165, 1.54) is 4.88 Å². The average molecular weight is 373 g/mol. The van der Waals surface area contributed by atoms with Crippen LogP contribution in [0.4, 0.5) is 0 Å². The third-order valence-electron chi connectivity index (χ3n) is 5.94. The number of aryl methyl sites for hydroxylation is 1. The normalized spacial score (nSPS) is 24.5. The molecule has 3 N–H and O–H groups in total. The van der Waals surface area contributed by atoms with Gasteiger partial charge in [0.2, 0.25) is 0 Å². The van der Waals surface area contributed by atoms with Crippen molar-refractivity contribution in [1.82, 2.24) is 4.90 Å². The number of nitrogens with zero attached hydrogens (tertiary/aromatic N) is 1. The Morgan fingerprint density at radius 2 is 2.08 bits per heavy atom. The largest absolute Gasteiger partial charge is 0.507 e. The Labute approximate surface area is 159 Å². The van der Waals surface area contributed by atoms with Gasteiger partial charge in [0.15, 0.2) is 0 Å². The second kappa shape index (κ2) is 7.69. The fraction of sp³-hybridized carbons (Fsp3) is 0.524. The van der Waals surface area contributed by atoms with Gasteiger partial charge in [-0.15, -0.1) is 11.3 Å². The molecule has 0 unspecified atom stereocenters. The second-order valence-corrected chi connectivity index (χ2v) is 8.63. The van der Waals surface area contributed by atoms with Crippen molar-refractivity contribution in [3.63, 3.8) is 0 Å². The van der Waals surface area contributed by atoms with Gasteiger partial charge in [0.05, 0.1) is 12.2 Å². The molecule has 2 aliphatic rings. The summed E-state index contributed by atoms with van der Waals surface area (Å²) in [5.41, 5.74) is 9.04. The smallest absolute Gasteiger partial charge is 0.122 e. The van der Waals surface area contributed by atoms with Crippen molar-refractivity contribution in [2.75, 3.05) is 19.6 Å². The highest BCUT2D eigenvalue weighted by Gasteiger charge is 2.35. The van der Waals surface area contributed by atoms with Crippen LogP contribution in [0.3, 0.4) is 0 Å². The quantitative estimate of drug-likeness (QED) is 0.861. The number of nitrogens with two attached hydrogens (primary N) is 1. The number of phenolic OH excluding ortho intramolecular Hbond substituents is 1. The van der Waals surface area contributed by atoms with Crippen molar-refractivity contribution >= 4 is 11.3 Å². The van der Waals surface area contributed by atoms with Crippen molar-refractivity contribution in [2.24, 2.45) is 11.7 Å². The van der Waals surface area contributed by atoms with Crippen LogP contribution in [0.5, 0.6) is 5.75 Å². The van der Waals surface area contributed by atoms with Gasteiger partial charge in [0.25, 0.3) is 0 Å². The van der Waals surface area contributed by atoms with Crippen molar-refractivity contribution in [3.8, 4) is 5.75 Å². The lowest BCUT2D eigenvalue weighted by Gasteiger charge is -2.40. The molecule has 4 rings (SSSR count). The molecule has 2 aliphatic heterocycles. The van der Waals surface area contributed by atoms with Crippen molar-refractivity contribution in [1.29, 1.82) is 0 Å². The standard InChI is InChI=1S/C21H28N2O2S/c1-14-4-5-17-18(21(14)24)11-19(25-20(17)12-22)15-6-8-23(9-7-15)13-16-3-2-10-26-16/h2-5,10,15,19-20,24H,6-9,11-13,22H2,1H3/t19-,20+/m0/s1. The SMILES string of the molecule is Cc1ccc2c(c1O)C[C@@H](C1CCN(Cc3cccs3)CC1)O[C@@H]2CN. The maximum absolute atomic E-state index is 10.6. The molecule has 0 aliphatic carbocycles. The van der Waals surface area contributed by atoms with E-state index in [1.54, 1.807) is 0 Å². The van der Waals surface area contributed by atoms with Crippen LogP contribution in [0.2, 0.25) is 0 Å². The zero-order valence-corrected chi connectivity index (χ0v) is 16.2. The topological polar surface area (TPSA) is 58.7 Å². The Hall–Kier alpha value is -1.40. The molecule has 0 amide bonds. The first-order chi connectivity index (χ1) is 12.7. The van der Waals surface area contributed by atoms with Crippen LogP contribution in [0.25, 0.3) is 0 Å². The van der Waals surface area contributed by atoms with E-state index in [2.05, 4.69) is 28.5 Å². The number of hydrogen-bond donors (Lipinski definition) is 2. The molecule has 0 bridgehead atoms. The van der Waals surface area contributed by atoms with Crippen molar-refractivity contribution < 1.29 is 9.84 Å². The van der Waals surface area contributed by atoms with E-state index in [9.17, 15) is 5.11 Å². The highest BCUT2D eigenvalue weighted by molar-refractivity contribution is 7.09. The van der Waals surface area contributed by atoms with Gasteiger partial charge in [0, 0.05) is 30.0 Å². The minimum absolute atomic E-state index is 0.0978. The van der Waals surface area contributed by atoms with Gasteiger partial charge >= 0.3 is 0 Å². The lowest BCUT2D eigenvalue weighted by Crippen LogP contribution is -2.41. The zero-order chi connectivity index (χ0) is 18.1. The molecule has 1 aromatic carbocycles. The maximum atomic E-state index is 10.6. The number of likely N-dealkylation sites (tertiary alicyclic amines) is 1. The molecule has 0 spiro atoms. The first-order valence-electron chi connectivity index (χ1n) is 9.57. The summed E-state index contributed by atoms with van der Waals surface area (Å²) in [7, 11) is 0. The Bertz CT molecular complexity index is 739. The molecule has 140 valence electrons. The molecule has 3 heterocycles. The van der Waals surface area contributed by atoms with Crippen LogP contribution in [0.1, 0.15) is 40.5 Å². The third kappa shape index (κ3) is 3.54. The number of piperidine rings is 1. The van der Waals surface area contributed by atoms with Crippen molar-refractivity contribution in [3.05, 3.63) is 51.2 Å². The van der Waals surface area contributed by atoms with Gasteiger partial charge in [-0.05, 0) is 61.3 Å². The number of ether oxygens (including phenoxy) is 1. The summed E-state index contributed by atoms with van der Waals surface area (Å²) in [4.78, 5) is 3.98. The number of benzene rings is 1. The summed E-state index contributed by atoms with van der Waals surface area (Å²) in [5, 5.41) is 12.7. The summed E-state index contributed by atoms with van der Waals surface area (Å²) in [6, 6.07) is 8.38. The molecule has 26 heavy (non-hydrogen) atoms. The molecule has 4 nitrogen and oxygen atoms in total. The molecular formula is C21H28N2O2S. The molecule has 0 saturated carbocycles. The number of thiophene rings is 1. The van der Waals surface area contributed by atoms with E-state index in [1.807, 2.05) is 24.3 Å². The minimum atomic E-state index is -0.0978. The van der Waals surface area contributed by atoms with Crippen LogP contribution < -0.4 is 5.73 Å². The molecule has 1 fully saturated rings. The Morgan fingerprint density at radius 1 is 1.27 bits per heavy atom. The number of phenols is 1. The number of rotatable bonds is 4. The average Bonchev–Trinajstić information content (AvgIpc) is 3.17. The van der Waals surface area contributed by atoms with E-state index >= 15 is 0 Å².